The van der Waals surface area contributed by atoms with Crippen LogP contribution in [0.2, 0.25) is 0 Å². The monoisotopic (exact) mass is 355 g/mol. The molecule has 1 N–H and O–H groups in total. The van der Waals surface area contributed by atoms with Crippen molar-refractivity contribution in [2.45, 2.75) is 44.3 Å². The average Bonchev–Trinajstić information content (AvgIpc) is 3.37. The molecule has 26 heavy (non-hydrogen) atoms. The number of carbonyl (C=O) groups excluding carboxylic acids is 1. The molecule has 0 radical (unpaired) electrons. The van der Waals surface area contributed by atoms with E-state index in [0.29, 0.717) is 18.5 Å². The van der Waals surface area contributed by atoms with Crippen molar-refractivity contribution in [2.75, 3.05) is 19.8 Å². The molecule has 2 aliphatic heterocycles. The zero-order chi connectivity index (χ0) is 17.8. The van der Waals surface area contributed by atoms with E-state index in [2.05, 4.69) is 15.2 Å². The van der Waals surface area contributed by atoms with E-state index in [1.165, 1.54) is 0 Å². The van der Waals surface area contributed by atoms with Crippen LogP contribution in [0.25, 0.3) is 11.5 Å². The molecule has 4 rings (SSSR count). The predicted octanol–water partition coefficient (Wildman–Crippen LogP) is 2.60. The van der Waals surface area contributed by atoms with E-state index in [-0.39, 0.29) is 11.9 Å². The fourth-order valence-electron chi connectivity index (χ4n) is 3.92. The highest BCUT2D eigenvalue weighted by Gasteiger charge is 2.35. The van der Waals surface area contributed by atoms with E-state index < -0.39 is 0 Å². The number of benzene rings is 1. The number of nitrogens with zero attached hydrogens (tertiary/aromatic N) is 2. The number of rotatable bonds is 5. The summed E-state index contributed by atoms with van der Waals surface area (Å²) in [5.74, 6) is 0.679. The van der Waals surface area contributed by atoms with E-state index in [0.717, 1.165) is 56.7 Å². The summed E-state index contributed by atoms with van der Waals surface area (Å²) in [6.07, 6.45) is 5.67. The van der Waals surface area contributed by atoms with Crippen molar-refractivity contribution in [2.24, 2.45) is 0 Å². The van der Waals surface area contributed by atoms with E-state index >= 15 is 0 Å². The third-order valence-electron chi connectivity index (χ3n) is 5.27. The van der Waals surface area contributed by atoms with Crippen molar-refractivity contribution in [1.82, 2.24) is 15.2 Å². The van der Waals surface area contributed by atoms with Gasteiger partial charge < -0.3 is 14.5 Å². The van der Waals surface area contributed by atoms with E-state index in [1.54, 1.807) is 6.26 Å². The van der Waals surface area contributed by atoms with Gasteiger partial charge in [0.2, 0.25) is 11.8 Å². The molecule has 0 spiro atoms. The summed E-state index contributed by atoms with van der Waals surface area (Å²) < 4.78 is 11.0. The van der Waals surface area contributed by atoms with Crippen LogP contribution in [0.4, 0.5) is 0 Å². The number of carbonyl (C=O) groups is 1. The number of hydrogen-bond acceptors (Lipinski definition) is 5. The SMILES string of the molecule is O=C(NCc1coc(-c2ccccc2)n1)[C@@H]1CCCN1C1CCOCC1. The fraction of sp³-hybridized carbons (Fsp3) is 0.500. The molecular formula is C20H25N3O3. The zero-order valence-corrected chi connectivity index (χ0v) is 14.9. The van der Waals surface area contributed by atoms with Crippen LogP contribution in [0.15, 0.2) is 41.0 Å². The number of ether oxygens (including phenoxy) is 1. The molecule has 0 saturated carbocycles. The van der Waals surface area contributed by atoms with Gasteiger partial charge in [-0.15, -0.1) is 0 Å². The standard InChI is InChI=1S/C20H25N3O3/c24-19(18-7-4-10-23(18)17-8-11-25-12-9-17)21-13-16-14-26-20(22-16)15-5-2-1-3-6-15/h1-3,5-6,14,17-18H,4,7-13H2,(H,21,24)/t18-/m0/s1. The molecule has 6 heteroatoms. The van der Waals surface area contributed by atoms with Gasteiger partial charge >= 0.3 is 0 Å². The lowest BCUT2D eigenvalue weighted by Crippen LogP contribution is -2.49. The smallest absolute Gasteiger partial charge is 0.237 e. The molecule has 1 amide bonds. The van der Waals surface area contributed by atoms with Crippen molar-refractivity contribution in [3.8, 4) is 11.5 Å². The first-order valence-electron chi connectivity index (χ1n) is 9.42. The van der Waals surface area contributed by atoms with Crippen LogP contribution in [0.5, 0.6) is 0 Å². The molecule has 6 nitrogen and oxygen atoms in total. The summed E-state index contributed by atoms with van der Waals surface area (Å²) in [5, 5.41) is 3.04. The van der Waals surface area contributed by atoms with Crippen molar-refractivity contribution in [1.29, 1.82) is 0 Å². The normalized spacial score (nSPS) is 21.8. The van der Waals surface area contributed by atoms with E-state index in [9.17, 15) is 4.79 Å². The number of likely N-dealkylation sites (tertiary alicyclic amines) is 1. The van der Waals surface area contributed by atoms with Gasteiger partial charge in [-0.2, -0.15) is 0 Å². The summed E-state index contributed by atoms with van der Waals surface area (Å²) in [6.45, 7) is 3.01. The first kappa shape index (κ1) is 17.2. The Morgan fingerprint density at radius 3 is 2.81 bits per heavy atom. The molecular weight excluding hydrogens is 330 g/mol. The van der Waals surface area contributed by atoms with Gasteiger partial charge in [0.05, 0.1) is 18.3 Å². The van der Waals surface area contributed by atoms with Gasteiger partial charge in [0.1, 0.15) is 6.26 Å². The zero-order valence-electron chi connectivity index (χ0n) is 14.9. The lowest BCUT2D eigenvalue weighted by molar-refractivity contribution is -0.127. The first-order chi connectivity index (χ1) is 12.8. The Morgan fingerprint density at radius 2 is 2.00 bits per heavy atom. The molecule has 2 aliphatic rings. The molecule has 1 atom stereocenters. The highest BCUT2D eigenvalue weighted by atomic mass is 16.5. The molecule has 2 aromatic rings. The Labute approximate surface area is 153 Å². The molecule has 0 unspecified atom stereocenters. The Hall–Kier alpha value is -2.18. The van der Waals surface area contributed by atoms with Crippen LogP contribution in [0.3, 0.4) is 0 Å². The number of hydrogen-bond donors (Lipinski definition) is 1. The minimum atomic E-state index is -0.0291. The van der Waals surface area contributed by atoms with Gasteiger partial charge in [-0.25, -0.2) is 4.98 Å². The van der Waals surface area contributed by atoms with Gasteiger partial charge in [-0.05, 0) is 44.4 Å². The van der Waals surface area contributed by atoms with E-state index in [4.69, 9.17) is 9.15 Å². The first-order valence-corrected chi connectivity index (χ1v) is 9.42. The van der Waals surface area contributed by atoms with Crippen molar-refractivity contribution in [3.05, 3.63) is 42.3 Å². The third-order valence-corrected chi connectivity index (χ3v) is 5.27. The van der Waals surface area contributed by atoms with Crippen LogP contribution in [0, 0.1) is 0 Å². The van der Waals surface area contributed by atoms with Crippen molar-refractivity contribution in [3.63, 3.8) is 0 Å². The van der Waals surface area contributed by atoms with Crippen LogP contribution >= 0.6 is 0 Å². The molecule has 0 bridgehead atoms. The Bertz CT molecular complexity index is 725. The lowest BCUT2D eigenvalue weighted by atomic mass is 10.1. The number of aromatic nitrogens is 1. The Balaban J connectivity index is 1.34. The predicted molar refractivity (Wildman–Crippen MR) is 97.4 cm³/mol. The molecule has 1 aromatic carbocycles. The third kappa shape index (κ3) is 3.81. The molecule has 3 heterocycles. The molecule has 1 aromatic heterocycles. The van der Waals surface area contributed by atoms with Gasteiger partial charge in [0.25, 0.3) is 0 Å². The van der Waals surface area contributed by atoms with Crippen LogP contribution in [0.1, 0.15) is 31.4 Å². The average molecular weight is 355 g/mol. The lowest BCUT2D eigenvalue weighted by Gasteiger charge is -2.34. The minimum Gasteiger partial charge on any atom is -0.444 e. The fourth-order valence-corrected chi connectivity index (χ4v) is 3.92. The van der Waals surface area contributed by atoms with Gasteiger partial charge in [0, 0.05) is 24.8 Å². The second-order valence-electron chi connectivity index (χ2n) is 6.97. The van der Waals surface area contributed by atoms with Gasteiger partial charge in [0.15, 0.2) is 0 Å². The van der Waals surface area contributed by atoms with Crippen molar-refractivity contribution < 1.29 is 13.9 Å². The number of nitrogens with one attached hydrogen (secondary N) is 1. The molecule has 0 aliphatic carbocycles. The van der Waals surface area contributed by atoms with Crippen molar-refractivity contribution >= 4 is 5.91 Å². The molecule has 2 fully saturated rings. The summed E-state index contributed by atoms with van der Waals surface area (Å²) in [4.78, 5) is 19.6. The highest BCUT2D eigenvalue weighted by molar-refractivity contribution is 5.82. The maximum atomic E-state index is 12.7. The quantitative estimate of drug-likeness (QED) is 0.893. The summed E-state index contributed by atoms with van der Waals surface area (Å²) in [5.41, 5.74) is 1.68. The van der Waals surface area contributed by atoms with E-state index in [1.807, 2.05) is 30.3 Å². The Morgan fingerprint density at radius 1 is 1.19 bits per heavy atom. The number of amides is 1. The second-order valence-corrected chi connectivity index (χ2v) is 6.97. The van der Waals surface area contributed by atoms with Gasteiger partial charge in [-0.3, -0.25) is 9.69 Å². The topological polar surface area (TPSA) is 67.6 Å². The maximum absolute atomic E-state index is 12.7. The molecule has 2 saturated heterocycles. The summed E-state index contributed by atoms with van der Waals surface area (Å²) >= 11 is 0. The summed E-state index contributed by atoms with van der Waals surface area (Å²) in [7, 11) is 0. The Kier molecular flexibility index (Phi) is 5.32. The second kappa shape index (κ2) is 8.01. The van der Waals surface area contributed by atoms with Crippen LogP contribution in [-0.4, -0.2) is 47.6 Å². The van der Waals surface area contributed by atoms with Crippen LogP contribution in [-0.2, 0) is 16.1 Å². The van der Waals surface area contributed by atoms with Gasteiger partial charge in [-0.1, -0.05) is 18.2 Å². The summed E-state index contributed by atoms with van der Waals surface area (Å²) in [6, 6.07) is 10.2. The maximum Gasteiger partial charge on any atom is 0.237 e. The largest absolute Gasteiger partial charge is 0.444 e. The van der Waals surface area contributed by atoms with Crippen LogP contribution < -0.4 is 5.32 Å². The molecule has 138 valence electrons. The number of oxazole rings is 1. The minimum absolute atomic E-state index is 0.0291. The highest BCUT2D eigenvalue weighted by Crippen LogP contribution is 2.25.